The molecule has 1 aromatic heterocycles. The number of anilines is 2. The van der Waals surface area contributed by atoms with Gasteiger partial charge in [-0.05, 0) is 49.1 Å². The van der Waals surface area contributed by atoms with E-state index in [1.165, 1.54) is 17.6 Å². The molecule has 11 nitrogen and oxygen atoms in total. The van der Waals surface area contributed by atoms with Gasteiger partial charge in [0, 0.05) is 53.1 Å². The Morgan fingerprint density at radius 2 is 1.85 bits per heavy atom. The SMILES string of the molecule is Cc1cc(NC(=N)N)cc(NC(=O)NCCCCS(C)(=O)=O)c1-c1cccc([S+]([O-])c2cc(C(=N)N)sc2S)c1. The first kappa shape index (κ1) is 31.3. The Morgan fingerprint density at radius 1 is 1.12 bits per heavy atom. The third-order valence-electron chi connectivity index (χ3n) is 5.57. The number of guanidine groups is 1. The number of hydrogen-bond donors (Lipinski definition) is 8. The van der Waals surface area contributed by atoms with Crippen LogP contribution in [-0.2, 0) is 21.0 Å². The number of rotatable bonds is 11. The summed E-state index contributed by atoms with van der Waals surface area (Å²) in [5.74, 6) is -0.350. The van der Waals surface area contributed by atoms with Crippen LogP contribution in [0.4, 0.5) is 16.2 Å². The summed E-state index contributed by atoms with van der Waals surface area (Å²) in [7, 11) is -3.07. The zero-order valence-electron chi connectivity index (χ0n) is 21.8. The van der Waals surface area contributed by atoms with Crippen LogP contribution in [0.5, 0.6) is 0 Å². The molecule has 1 unspecified atom stereocenters. The largest absolute Gasteiger partial charge is 0.606 e. The number of urea groups is 1. The van der Waals surface area contributed by atoms with Crippen LogP contribution in [0.3, 0.4) is 0 Å². The first-order chi connectivity index (χ1) is 18.7. The molecule has 0 aliphatic rings. The average Bonchev–Trinajstić information content (AvgIpc) is 3.24. The number of amidine groups is 1. The molecule has 9 N–H and O–H groups in total. The Hall–Kier alpha value is -3.24. The number of thiol groups is 1. The molecule has 0 bridgehead atoms. The molecule has 3 rings (SSSR count). The highest BCUT2D eigenvalue weighted by Crippen LogP contribution is 2.38. The lowest BCUT2D eigenvalue weighted by Crippen LogP contribution is -2.30. The minimum atomic E-state index is -3.07. The maximum absolute atomic E-state index is 13.4. The number of thiophene rings is 1. The van der Waals surface area contributed by atoms with Crippen LogP contribution in [0.15, 0.2) is 56.5 Å². The Bertz CT molecular complexity index is 1540. The maximum atomic E-state index is 13.4. The van der Waals surface area contributed by atoms with E-state index in [2.05, 4.69) is 28.6 Å². The molecule has 2 amide bonds. The first-order valence-corrected chi connectivity index (χ1v) is 16.4. The van der Waals surface area contributed by atoms with E-state index in [1.54, 1.807) is 36.4 Å². The fourth-order valence-corrected chi connectivity index (χ4v) is 7.37. The number of amides is 2. The predicted octanol–water partition coefficient (Wildman–Crippen LogP) is 3.71. The number of sulfone groups is 1. The summed E-state index contributed by atoms with van der Waals surface area (Å²) < 4.78 is 36.6. The minimum absolute atomic E-state index is 0.0479. The second-order valence-corrected chi connectivity index (χ2v) is 14.5. The van der Waals surface area contributed by atoms with Crippen LogP contribution in [0.1, 0.15) is 23.3 Å². The highest BCUT2D eigenvalue weighted by molar-refractivity contribution is 7.92. The minimum Gasteiger partial charge on any atom is -0.606 e. The van der Waals surface area contributed by atoms with Crippen LogP contribution in [-0.4, -0.2) is 49.4 Å². The normalized spacial score (nSPS) is 12.0. The number of carbonyl (C=O) groups excluding carboxylic acids is 1. The lowest BCUT2D eigenvalue weighted by atomic mass is 9.97. The van der Waals surface area contributed by atoms with Gasteiger partial charge in [0.05, 0.1) is 10.6 Å². The van der Waals surface area contributed by atoms with Gasteiger partial charge in [-0.25, -0.2) is 13.2 Å². The van der Waals surface area contributed by atoms with Crippen molar-refractivity contribution in [3.8, 4) is 11.1 Å². The summed E-state index contributed by atoms with van der Waals surface area (Å²) in [5, 5.41) is 23.5. The molecular formula is C25H31N7O4S4. The Balaban J connectivity index is 1.91. The van der Waals surface area contributed by atoms with Gasteiger partial charge in [-0.2, -0.15) is 0 Å². The summed E-state index contributed by atoms with van der Waals surface area (Å²) >= 11 is 3.99. The Kier molecular flexibility index (Phi) is 10.5. The molecule has 0 radical (unpaired) electrons. The van der Waals surface area contributed by atoms with Crippen molar-refractivity contribution in [2.24, 2.45) is 11.5 Å². The van der Waals surface area contributed by atoms with E-state index in [4.69, 9.17) is 22.3 Å². The third kappa shape index (κ3) is 8.63. The monoisotopic (exact) mass is 621 g/mol. The second-order valence-electron chi connectivity index (χ2n) is 8.96. The van der Waals surface area contributed by atoms with Gasteiger partial charge in [0.25, 0.3) is 0 Å². The molecule has 0 saturated heterocycles. The van der Waals surface area contributed by atoms with Crippen molar-refractivity contribution in [1.29, 1.82) is 10.8 Å². The van der Waals surface area contributed by atoms with E-state index < -0.39 is 27.0 Å². The fourth-order valence-electron chi connectivity index (χ4n) is 3.88. The van der Waals surface area contributed by atoms with Gasteiger partial charge in [-0.1, -0.05) is 12.1 Å². The van der Waals surface area contributed by atoms with Crippen molar-refractivity contribution in [3.63, 3.8) is 0 Å². The summed E-state index contributed by atoms with van der Waals surface area (Å²) in [6.07, 6.45) is 2.09. The highest BCUT2D eigenvalue weighted by Gasteiger charge is 2.23. The quantitative estimate of drug-likeness (QED) is 0.0522. The zero-order valence-corrected chi connectivity index (χ0v) is 25.2. The number of benzene rings is 2. The highest BCUT2D eigenvalue weighted by atomic mass is 32.2. The van der Waals surface area contributed by atoms with Crippen molar-refractivity contribution < 1.29 is 17.8 Å². The molecule has 1 heterocycles. The maximum Gasteiger partial charge on any atom is 0.319 e. The summed E-state index contributed by atoms with van der Waals surface area (Å²) in [6.45, 7) is 2.12. The lowest BCUT2D eigenvalue weighted by Gasteiger charge is -2.18. The number of carbonyl (C=O) groups is 1. The molecule has 3 aromatic rings. The molecule has 40 heavy (non-hydrogen) atoms. The molecular weight excluding hydrogens is 591 g/mol. The van der Waals surface area contributed by atoms with Gasteiger partial charge >= 0.3 is 6.03 Å². The van der Waals surface area contributed by atoms with Crippen molar-refractivity contribution in [1.82, 2.24) is 5.32 Å². The number of hydrogen-bond acceptors (Lipinski definition) is 8. The molecule has 0 spiro atoms. The lowest BCUT2D eigenvalue weighted by molar-refractivity contribution is 0.252. The molecule has 0 aliphatic heterocycles. The van der Waals surface area contributed by atoms with Crippen molar-refractivity contribution in [3.05, 3.63) is 52.9 Å². The van der Waals surface area contributed by atoms with Gasteiger partial charge in [-0.15, -0.1) is 24.0 Å². The molecule has 0 saturated carbocycles. The van der Waals surface area contributed by atoms with E-state index in [0.29, 0.717) is 54.2 Å². The number of nitrogens with two attached hydrogens (primary N) is 2. The number of nitrogens with one attached hydrogen (secondary N) is 5. The number of unbranched alkanes of at least 4 members (excludes halogenated alkanes) is 1. The van der Waals surface area contributed by atoms with Gasteiger partial charge < -0.3 is 32.0 Å². The Morgan fingerprint density at radius 3 is 2.48 bits per heavy atom. The molecule has 2 aromatic carbocycles. The van der Waals surface area contributed by atoms with Gasteiger partial charge in [0.2, 0.25) is 0 Å². The Labute approximate surface area is 245 Å². The van der Waals surface area contributed by atoms with E-state index in [9.17, 15) is 17.8 Å². The fraction of sp³-hybridized carbons (Fsp3) is 0.240. The van der Waals surface area contributed by atoms with Crippen molar-refractivity contribution in [2.75, 3.05) is 29.2 Å². The van der Waals surface area contributed by atoms with Crippen LogP contribution in [0.2, 0.25) is 0 Å². The van der Waals surface area contributed by atoms with Crippen LogP contribution in [0, 0.1) is 17.7 Å². The van der Waals surface area contributed by atoms with Crippen LogP contribution < -0.4 is 27.4 Å². The molecule has 1 atom stereocenters. The third-order valence-corrected chi connectivity index (χ3v) is 9.77. The zero-order chi connectivity index (χ0) is 29.6. The topological polar surface area (TPSA) is 210 Å². The van der Waals surface area contributed by atoms with Gasteiger partial charge in [-0.3, -0.25) is 10.8 Å². The van der Waals surface area contributed by atoms with Crippen molar-refractivity contribution in [2.45, 2.75) is 33.8 Å². The number of aryl methyl sites for hydroxylation is 1. The molecule has 0 aliphatic carbocycles. The molecule has 214 valence electrons. The summed E-state index contributed by atoms with van der Waals surface area (Å²) in [6, 6.07) is 11.6. The van der Waals surface area contributed by atoms with E-state index >= 15 is 0 Å². The first-order valence-electron chi connectivity index (χ1n) is 11.9. The molecule has 15 heteroatoms. The van der Waals surface area contributed by atoms with E-state index in [1.807, 2.05) is 13.0 Å². The van der Waals surface area contributed by atoms with E-state index in [-0.39, 0.29) is 24.1 Å². The molecule has 0 fully saturated rings. The van der Waals surface area contributed by atoms with E-state index in [0.717, 1.165) is 5.56 Å². The number of nitrogen functional groups attached to an aromatic ring is 1. The standard InChI is InChI=1S/C25H31N7O4S4/c1-14-10-16(31-24(28)29)12-18(32-25(33)30-8-3-4-9-40(2,35)36)21(14)15-6-5-7-17(11-15)39(34)20-13-19(22(26)27)38-23(20)37/h5-7,10-13,37H,3-4,8-9H2,1-2H3,(H3,26,27)(H4,28,29,31)(H2,30,32,33). The summed E-state index contributed by atoms with van der Waals surface area (Å²) in [5.41, 5.74) is 14.1. The van der Waals surface area contributed by atoms with Gasteiger partial charge in [0.1, 0.15) is 19.9 Å². The van der Waals surface area contributed by atoms with Crippen molar-refractivity contribution >= 4 is 74.2 Å². The van der Waals surface area contributed by atoms with Gasteiger partial charge in [0.15, 0.2) is 15.8 Å². The average molecular weight is 622 g/mol. The van der Waals surface area contributed by atoms with Crippen LogP contribution >= 0.6 is 24.0 Å². The predicted molar refractivity (Wildman–Crippen MR) is 165 cm³/mol. The summed E-state index contributed by atoms with van der Waals surface area (Å²) in [4.78, 5) is 14.2. The second kappa shape index (κ2) is 13.4. The van der Waals surface area contributed by atoms with Crippen LogP contribution in [0.25, 0.3) is 11.1 Å². The smallest absolute Gasteiger partial charge is 0.319 e.